The van der Waals surface area contributed by atoms with E-state index in [1.54, 1.807) is 48.5 Å². The first-order valence-corrected chi connectivity index (χ1v) is 14.1. The van der Waals surface area contributed by atoms with E-state index in [1.165, 1.54) is 24.1 Å². The number of carbonyl (C=O) groups is 2. The van der Waals surface area contributed by atoms with Crippen LogP contribution in [0.2, 0.25) is 0 Å². The number of hydrogen-bond donors (Lipinski definition) is 1. The molecule has 7 nitrogen and oxygen atoms in total. The SMILES string of the molecule is CNC(=O)[C@H](Cc1ccccc1)N(Cc1ccccc1)C(=O)CN(c1ccccc1)S(=O)(=O)c1ccccc1. The molecule has 8 heteroatoms. The average molecular weight is 542 g/mol. The molecular formula is C31H31N3O4S. The van der Waals surface area contributed by atoms with Gasteiger partial charge in [-0.25, -0.2) is 8.42 Å². The first-order chi connectivity index (χ1) is 18.9. The normalized spacial score (nSPS) is 11.8. The lowest BCUT2D eigenvalue weighted by Crippen LogP contribution is -2.53. The van der Waals surface area contributed by atoms with Crippen LogP contribution >= 0.6 is 0 Å². The highest BCUT2D eigenvalue weighted by Gasteiger charge is 2.34. The number of amides is 2. The summed E-state index contributed by atoms with van der Waals surface area (Å²) < 4.78 is 28.7. The molecule has 0 saturated heterocycles. The highest BCUT2D eigenvalue weighted by Crippen LogP contribution is 2.24. The molecule has 0 fully saturated rings. The molecule has 0 radical (unpaired) electrons. The lowest BCUT2D eigenvalue weighted by atomic mass is 10.0. The summed E-state index contributed by atoms with van der Waals surface area (Å²) in [5.41, 5.74) is 2.06. The molecule has 0 saturated carbocycles. The maximum absolute atomic E-state index is 14.1. The monoisotopic (exact) mass is 541 g/mol. The summed E-state index contributed by atoms with van der Waals surface area (Å²) in [6.45, 7) is -0.338. The number of para-hydroxylation sites is 1. The molecule has 1 atom stereocenters. The van der Waals surface area contributed by atoms with Gasteiger partial charge in [0, 0.05) is 20.0 Å². The van der Waals surface area contributed by atoms with E-state index >= 15 is 0 Å². The molecule has 4 aromatic rings. The van der Waals surface area contributed by atoms with Gasteiger partial charge in [0.25, 0.3) is 10.0 Å². The summed E-state index contributed by atoms with van der Waals surface area (Å²) in [6.07, 6.45) is 0.274. The third-order valence-electron chi connectivity index (χ3n) is 6.37. The minimum absolute atomic E-state index is 0.0726. The molecule has 200 valence electrons. The maximum Gasteiger partial charge on any atom is 0.264 e. The molecule has 0 aliphatic carbocycles. The van der Waals surface area contributed by atoms with Crippen LogP contribution in [0.4, 0.5) is 5.69 Å². The number of benzene rings is 4. The van der Waals surface area contributed by atoms with E-state index in [9.17, 15) is 18.0 Å². The Morgan fingerprint density at radius 3 is 1.74 bits per heavy atom. The van der Waals surface area contributed by atoms with E-state index < -0.39 is 28.5 Å². The van der Waals surface area contributed by atoms with Crippen molar-refractivity contribution in [2.75, 3.05) is 17.9 Å². The number of carbonyl (C=O) groups excluding carboxylic acids is 2. The van der Waals surface area contributed by atoms with Gasteiger partial charge in [-0.2, -0.15) is 0 Å². The van der Waals surface area contributed by atoms with Crippen LogP contribution in [0.5, 0.6) is 0 Å². The zero-order chi connectivity index (χ0) is 27.7. The molecule has 0 aliphatic rings. The summed E-state index contributed by atoms with van der Waals surface area (Å²) in [5, 5.41) is 2.68. The molecule has 0 unspecified atom stereocenters. The second-order valence-electron chi connectivity index (χ2n) is 8.99. The van der Waals surface area contributed by atoms with Crippen LogP contribution in [0.25, 0.3) is 0 Å². The van der Waals surface area contributed by atoms with Gasteiger partial charge in [-0.15, -0.1) is 0 Å². The van der Waals surface area contributed by atoms with Gasteiger partial charge in [-0.1, -0.05) is 97.1 Å². The van der Waals surface area contributed by atoms with Crippen LogP contribution in [0.1, 0.15) is 11.1 Å². The topological polar surface area (TPSA) is 86.8 Å². The Morgan fingerprint density at radius 1 is 0.718 bits per heavy atom. The van der Waals surface area contributed by atoms with Crippen molar-refractivity contribution >= 4 is 27.5 Å². The fraction of sp³-hybridized carbons (Fsp3) is 0.161. The molecule has 39 heavy (non-hydrogen) atoms. The van der Waals surface area contributed by atoms with Crippen molar-refractivity contribution in [3.05, 3.63) is 132 Å². The van der Waals surface area contributed by atoms with E-state index in [0.717, 1.165) is 15.4 Å². The van der Waals surface area contributed by atoms with Crippen molar-refractivity contribution < 1.29 is 18.0 Å². The predicted octanol–water partition coefficient (Wildman–Crippen LogP) is 4.27. The van der Waals surface area contributed by atoms with Crippen LogP contribution in [0.3, 0.4) is 0 Å². The summed E-state index contributed by atoms with van der Waals surface area (Å²) in [4.78, 5) is 28.8. The predicted molar refractivity (Wildman–Crippen MR) is 152 cm³/mol. The zero-order valence-electron chi connectivity index (χ0n) is 21.7. The van der Waals surface area contributed by atoms with Crippen molar-refractivity contribution in [2.45, 2.75) is 23.9 Å². The van der Waals surface area contributed by atoms with Crippen molar-refractivity contribution in [3.63, 3.8) is 0 Å². The van der Waals surface area contributed by atoms with Crippen molar-refractivity contribution in [1.82, 2.24) is 10.2 Å². The van der Waals surface area contributed by atoms with Crippen LogP contribution in [-0.2, 0) is 32.6 Å². The average Bonchev–Trinajstić information content (AvgIpc) is 2.99. The number of sulfonamides is 1. The zero-order valence-corrected chi connectivity index (χ0v) is 22.5. The number of nitrogens with one attached hydrogen (secondary N) is 1. The smallest absolute Gasteiger partial charge is 0.264 e. The maximum atomic E-state index is 14.1. The standard InChI is InChI=1S/C31H31N3O4S/c1-32-31(36)29(22-25-14-6-2-7-15-25)33(23-26-16-8-3-9-17-26)30(35)24-34(27-18-10-4-11-19-27)39(37,38)28-20-12-5-13-21-28/h2-21,29H,22-24H2,1H3,(H,32,36)/t29-/m0/s1. The Labute approximate surface area is 229 Å². The van der Waals surface area contributed by atoms with E-state index in [-0.39, 0.29) is 23.8 Å². The lowest BCUT2D eigenvalue weighted by molar-refractivity contribution is -0.139. The number of hydrogen-bond acceptors (Lipinski definition) is 4. The number of likely N-dealkylation sites (N-methyl/N-ethyl adjacent to an activating group) is 1. The number of rotatable bonds is 11. The van der Waals surface area contributed by atoms with Crippen LogP contribution < -0.4 is 9.62 Å². The molecule has 2 amide bonds. The Kier molecular flexibility index (Phi) is 9.12. The summed E-state index contributed by atoms with van der Waals surface area (Å²) >= 11 is 0. The van der Waals surface area contributed by atoms with Crippen molar-refractivity contribution in [3.8, 4) is 0 Å². The molecule has 0 spiro atoms. The van der Waals surface area contributed by atoms with Gasteiger partial charge >= 0.3 is 0 Å². The van der Waals surface area contributed by atoms with Gasteiger partial charge in [0.05, 0.1) is 10.6 Å². The second kappa shape index (κ2) is 12.9. The number of anilines is 1. The third-order valence-corrected chi connectivity index (χ3v) is 8.16. The first kappa shape index (κ1) is 27.6. The minimum atomic E-state index is -4.08. The highest BCUT2D eigenvalue weighted by atomic mass is 32.2. The van der Waals surface area contributed by atoms with E-state index in [1.807, 2.05) is 60.7 Å². The number of nitrogens with zero attached hydrogens (tertiary/aromatic N) is 2. The van der Waals surface area contributed by atoms with Gasteiger partial charge in [0.2, 0.25) is 11.8 Å². The Morgan fingerprint density at radius 2 is 1.21 bits per heavy atom. The van der Waals surface area contributed by atoms with Gasteiger partial charge in [0.15, 0.2) is 0 Å². The quantitative estimate of drug-likeness (QED) is 0.307. The van der Waals surface area contributed by atoms with Gasteiger partial charge < -0.3 is 10.2 Å². The summed E-state index contributed by atoms with van der Waals surface area (Å²) in [7, 11) is -2.55. The Bertz CT molecular complexity index is 1470. The van der Waals surface area contributed by atoms with Gasteiger partial charge in [-0.05, 0) is 35.4 Å². The molecule has 1 N–H and O–H groups in total. The largest absolute Gasteiger partial charge is 0.357 e. The fourth-order valence-corrected chi connectivity index (χ4v) is 5.78. The lowest BCUT2D eigenvalue weighted by Gasteiger charge is -2.33. The van der Waals surface area contributed by atoms with E-state index in [4.69, 9.17) is 0 Å². The van der Waals surface area contributed by atoms with Gasteiger partial charge in [0.1, 0.15) is 12.6 Å². The molecule has 0 bridgehead atoms. The summed E-state index contributed by atoms with van der Waals surface area (Å²) in [5.74, 6) is -0.827. The second-order valence-corrected chi connectivity index (χ2v) is 10.8. The van der Waals surface area contributed by atoms with Crippen LogP contribution in [0, 0.1) is 0 Å². The third kappa shape index (κ3) is 6.91. The fourth-order valence-electron chi connectivity index (χ4n) is 4.34. The molecule has 0 aliphatic heterocycles. The van der Waals surface area contributed by atoms with Crippen LogP contribution in [-0.4, -0.2) is 44.8 Å². The molecule has 4 aromatic carbocycles. The van der Waals surface area contributed by atoms with Crippen molar-refractivity contribution in [1.29, 1.82) is 0 Å². The minimum Gasteiger partial charge on any atom is -0.357 e. The molecule has 0 heterocycles. The van der Waals surface area contributed by atoms with E-state index in [2.05, 4.69) is 5.32 Å². The Hall–Kier alpha value is -4.43. The highest BCUT2D eigenvalue weighted by molar-refractivity contribution is 7.92. The van der Waals surface area contributed by atoms with Gasteiger partial charge in [-0.3, -0.25) is 13.9 Å². The van der Waals surface area contributed by atoms with Crippen LogP contribution in [0.15, 0.2) is 126 Å². The Balaban J connectivity index is 1.75. The molecule has 4 rings (SSSR count). The summed E-state index contributed by atoms with van der Waals surface area (Å²) in [6, 6.07) is 34.5. The van der Waals surface area contributed by atoms with Crippen molar-refractivity contribution in [2.24, 2.45) is 0 Å². The molecule has 0 aromatic heterocycles. The van der Waals surface area contributed by atoms with E-state index in [0.29, 0.717) is 5.69 Å². The first-order valence-electron chi connectivity index (χ1n) is 12.6. The molecular weight excluding hydrogens is 510 g/mol.